The van der Waals surface area contributed by atoms with Crippen LogP contribution in [0.3, 0.4) is 0 Å². The number of nitrogens with zero attached hydrogens (tertiary/aromatic N) is 4. The van der Waals surface area contributed by atoms with Crippen LogP contribution in [0.2, 0.25) is 5.02 Å². The fourth-order valence-electron chi connectivity index (χ4n) is 4.81. The van der Waals surface area contributed by atoms with Crippen LogP contribution in [-0.4, -0.2) is 42.4 Å². The van der Waals surface area contributed by atoms with Crippen molar-refractivity contribution in [1.82, 2.24) is 9.38 Å². The molecule has 4 aromatic rings. The smallest absolute Gasteiger partial charge is 0.157 e. The number of benzene rings is 2. The first kappa shape index (κ1) is 21.7. The minimum Gasteiger partial charge on any atom is -0.356 e. The third kappa shape index (κ3) is 3.73. The molecule has 1 atom stereocenters. The van der Waals surface area contributed by atoms with Gasteiger partial charge in [-0.2, -0.15) is 5.26 Å². The average Bonchev–Trinajstić information content (AvgIpc) is 3.35. The number of nitriles is 1. The molecule has 3 heterocycles. The maximum Gasteiger partial charge on any atom is 0.157 e. The molecule has 0 spiro atoms. The molecule has 2 aromatic carbocycles. The van der Waals surface area contributed by atoms with Crippen molar-refractivity contribution in [1.29, 1.82) is 5.26 Å². The number of para-hydroxylation sites is 2. The van der Waals surface area contributed by atoms with E-state index in [9.17, 15) is 13.7 Å². The van der Waals surface area contributed by atoms with Gasteiger partial charge >= 0.3 is 0 Å². The summed E-state index contributed by atoms with van der Waals surface area (Å²) >= 11 is 6.10. The highest BCUT2D eigenvalue weighted by molar-refractivity contribution is 7.91. The molecule has 1 fully saturated rings. The van der Waals surface area contributed by atoms with Crippen molar-refractivity contribution in [2.45, 2.75) is 25.8 Å². The summed E-state index contributed by atoms with van der Waals surface area (Å²) in [7, 11) is -1.11. The van der Waals surface area contributed by atoms with Crippen molar-refractivity contribution < 1.29 is 8.42 Å². The molecule has 0 bridgehead atoms. The number of imidazole rings is 1. The summed E-state index contributed by atoms with van der Waals surface area (Å²) in [6.07, 6.45) is 1.16. The van der Waals surface area contributed by atoms with Crippen LogP contribution in [0.15, 0.2) is 48.5 Å². The number of rotatable bonds is 4. The predicted molar refractivity (Wildman–Crippen MR) is 132 cm³/mol. The van der Waals surface area contributed by atoms with Gasteiger partial charge in [0.25, 0.3) is 0 Å². The zero-order chi connectivity index (χ0) is 23.3. The SMILES string of the molecule is Cc1c(Cc2ccc(Cl)cc2)c(N(C)C2CCS(=O)(=O)C2)n2c(nc3ccccc32)c1C#N. The van der Waals surface area contributed by atoms with Gasteiger partial charge in [0.2, 0.25) is 0 Å². The number of halogens is 1. The fraction of sp³-hybridized carbons (Fsp3) is 0.280. The Morgan fingerprint density at radius 3 is 2.61 bits per heavy atom. The van der Waals surface area contributed by atoms with Gasteiger partial charge in [0.15, 0.2) is 15.5 Å². The highest BCUT2D eigenvalue weighted by atomic mass is 35.5. The summed E-state index contributed by atoms with van der Waals surface area (Å²) in [5, 5.41) is 10.7. The van der Waals surface area contributed by atoms with Gasteiger partial charge in [-0.1, -0.05) is 35.9 Å². The molecule has 1 unspecified atom stereocenters. The van der Waals surface area contributed by atoms with Crippen LogP contribution in [-0.2, 0) is 16.3 Å². The second-order valence-electron chi connectivity index (χ2n) is 8.64. The van der Waals surface area contributed by atoms with E-state index in [0.717, 1.165) is 33.5 Å². The van der Waals surface area contributed by atoms with Crippen LogP contribution in [0.1, 0.15) is 28.7 Å². The first-order chi connectivity index (χ1) is 15.8. The molecule has 8 heteroatoms. The van der Waals surface area contributed by atoms with Crippen LogP contribution in [0, 0.1) is 18.3 Å². The molecule has 168 valence electrons. The topological polar surface area (TPSA) is 78.5 Å². The first-order valence-corrected chi connectivity index (χ1v) is 13.0. The molecule has 1 aliphatic rings. The molecular weight excluding hydrogens is 456 g/mol. The highest BCUT2D eigenvalue weighted by Crippen LogP contribution is 2.36. The number of sulfone groups is 1. The van der Waals surface area contributed by atoms with Crippen LogP contribution >= 0.6 is 11.6 Å². The Labute approximate surface area is 198 Å². The van der Waals surface area contributed by atoms with Crippen molar-refractivity contribution >= 4 is 43.9 Å². The maximum absolute atomic E-state index is 12.3. The standard InChI is InChI=1S/C25H23ClN4O2S/c1-16-20(13-17-7-9-18(26)10-8-17)25(29(2)19-11-12-33(31,32)15-19)30-23-6-4-3-5-22(23)28-24(30)21(16)14-27/h3-10,19H,11-13,15H2,1-2H3. The van der Waals surface area contributed by atoms with Crippen LogP contribution in [0.25, 0.3) is 16.7 Å². The second-order valence-corrected chi connectivity index (χ2v) is 11.3. The van der Waals surface area contributed by atoms with E-state index in [-0.39, 0.29) is 17.5 Å². The first-order valence-electron chi connectivity index (χ1n) is 10.8. The average molecular weight is 479 g/mol. The lowest BCUT2D eigenvalue weighted by molar-refractivity contribution is 0.600. The minimum absolute atomic E-state index is 0.122. The van der Waals surface area contributed by atoms with E-state index in [0.29, 0.717) is 29.1 Å². The Balaban J connectivity index is 1.82. The summed E-state index contributed by atoms with van der Waals surface area (Å²) in [4.78, 5) is 6.86. The van der Waals surface area contributed by atoms with Gasteiger partial charge in [-0.3, -0.25) is 4.40 Å². The molecule has 0 amide bonds. The lowest BCUT2D eigenvalue weighted by Crippen LogP contribution is -2.35. The van der Waals surface area contributed by atoms with Crippen molar-refractivity contribution in [2.24, 2.45) is 0 Å². The summed E-state index contributed by atoms with van der Waals surface area (Å²) in [6, 6.07) is 17.7. The Bertz CT molecular complexity index is 1540. The molecule has 33 heavy (non-hydrogen) atoms. The zero-order valence-corrected chi connectivity index (χ0v) is 20.0. The van der Waals surface area contributed by atoms with Gasteiger partial charge in [-0.15, -0.1) is 0 Å². The van der Waals surface area contributed by atoms with E-state index in [1.165, 1.54) is 0 Å². The van der Waals surface area contributed by atoms with Gasteiger partial charge in [0, 0.05) is 30.1 Å². The number of fused-ring (bicyclic) bond motifs is 3. The van der Waals surface area contributed by atoms with Crippen LogP contribution in [0.4, 0.5) is 5.82 Å². The largest absolute Gasteiger partial charge is 0.356 e. The molecular formula is C25H23ClN4O2S. The number of hydrogen-bond acceptors (Lipinski definition) is 5. The zero-order valence-electron chi connectivity index (χ0n) is 18.4. The second kappa shape index (κ2) is 8.05. The van der Waals surface area contributed by atoms with E-state index in [4.69, 9.17) is 16.6 Å². The number of pyridine rings is 1. The lowest BCUT2D eigenvalue weighted by Gasteiger charge is -2.30. The molecule has 0 aliphatic carbocycles. The van der Waals surface area contributed by atoms with Gasteiger partial charge in [-0.25, -0.2) is 13.4 Å². The molecule has 1 saturated heterocycles. The molecule has 2 aromatic heterocycles. The van der Waals surface area contributed by atoms with Crippen molar-refractivity contribution in [3.63, 3.8) is 0 Å². The summed E-state index contributed by atoms with van der Waals surface area (Å²) in [5.74, 6) is 1.20. The van der Waals surface area contributed by atoms with Gasteiger partial charge in [0.1, 0.15) is 11.9 Å². The normalized spacial score (nSPS) is 17.5. The fourth-order valence-corrected chi connectivity index (χ4v) is 6.71. The molecule has 0 radical (unpaired) electrons. The van der Waals surface area contributed by atoms with Crippen LogP contribution < -0.4 is 4.90 Å². The van der Waals surface area contributed by atoms with Crippen LogP contribution in [0.5, 0.6) is 0 Å². The minimum atomic E-state index is -3.06. The molecule has 1 aliphatic heterocycles. The Hall–Kier alpha value is -3.08. The third-order valence-corrected chi connectivity index (χ3v) is 8.59. The van der Waals surface area contributed by atoms with E-state index < -0.39 is 9.84 Å². The third-order valence-electron chi connectivity index (χ3n) is 6.59. The number of anilines is 1. The van der Waals surface area contributed by atoms with Gasteiger partial charge < -0.3 is 4.90 Å². The molecule has 5 rings (SSSR count). The predicted octanol–water partition coefficient (Wildman–Crippen LogP) is 4.54. The van der Waals surface area contributed by atoms with Gasteiger partial charge in [-0.05, 0) is 48.7 Å². The number of hydrogen-bond donors (Lipinski definition) is 0. The Morgan fingerprint density at radius 2 is 1.94 bits per heavy atom. The van der Waals surface area contributed by atoms with E-state index in [1.807, 2.05) is 66.9 Å². The Morgan fingerprint density at radius 1 is 1.21 bits per heavy atom. The van der Waals surface area contributed by atoms with Crippen molar-refractivity contribution in [3.05, 3.63) is 75.8 Å². The summed E-state index contributed by atoms with van der Waals surface area (Å²) in [5.41, 5.74) is 5.72. The quantitative estimate of drug-likeness (QED) is 0.430. The Kier molecular flexibility index (Phi) is 5.31. The van der Waals surface area contributed by atoms with E-state index in [2.05, 4.69) is 11.0 Å². The molecule has 0 saturated carbocycles. The summed E-state index contributed by atoms with van der Waals surface area (Å²) < 4.78 is 26.6. The van der Waals surface area contributed by atoms with Gasteiger partial charge in [0.05, 0.1) is 28.1 Å². The lowest BCUT2D eigenvalue weighted by atomic mass is 9.97. The van der Waals surface area contributed by atoms with Crippen molar-refractivity contribution in [2.75, 3.05) is 23.5 Å². The highest BCUT2D eigenvalue weighted by Gasteiger charge is 2.34. The molecule has 6 nitrogen and oxygen atoms in total. The van der Waals surface area contributed by atoms with E-state index >= 15 is 0 Å². The monoisotopic (exact) mass is 478 g/mol. The summed E-state index contributed by atoms with van der Waals surface area (Å²) in [6.45, 7) is 1.95. The number of aromatic nitrogens is 2. The maximum atomic E-state index is 12.3. The molecule has 0 N–H and O–H groups in total. The van der Waals surface area contributed by atoms with Crippen molar-refractivity contribution in [3.8, 4) is 6.07 Å². The van der Waals surface area contributed by atoms with E-state index in [1.54, 1.807) is 0 Å².